The number of aryl methyl sites for hydroxylation is 1. The van der Waals surface area contributed by atoms with Gasteiger partial charge < -0.3 is 24.4 Å². The third kappa shape index (κ3) is 6.16. The van der Waals surface area contributed by atoms with Crippen molar-refractivity contribution in [2.45, 2.75) is 31.7 Å². The summed E-state index contributed by atoms with van der Waals surface area (Å²) in [5.74, 6) is 0.485. The van der Waals surface area contributed by atoms with Crippen molar-refractivity contribution in [1.29, 1.82) is 5.26 Å². The normalized spacial score (nSPS) is 17.8. The molecule has 2 aliphatic rings. The van der Waals surface area contributed by atoms with Gasteiger partial charge in [0.25, 0.3) is 6.43 Å². The molecule has 1 atom stereocenters. The number of morpholine rings is 1. The Bertz CT molecular complexity index is 1190. The van der Waals surface area contributed by atoms with Crippen molar-refractivity contribution in [3.05, 3.63) is 40.7 Å². The van der Waals surface area contributed by atoms with Crippen molar-refractivity contribution in [3.8, 4) is 6.07 Å². The Labute approximate surface area is 219 Å². The van der Waals surface area contributed by atoms with Crippen molar-refractivity contribution in [2.75, 3.05) is 69.6 Å². The molecule has 2 aliphatic heterocycles. The van der Waals surface area contributed by atoms with Gasteiger partial charge in [-0.05, 0) is 31.5 Å². The number of rotatable bonds is 8. The van der Waals surface area contributed by atoms with Gasteiger partial charge in [0.05, 0.1) is 24.0 Å². The first-order chi connectivity index (χ1) is 18.3. The van der Waals surface area contributed by atoms with Gasteiger partial charge in [-0.15, -0.1) is 0 Å². The lowest BCUT2D eigenvalue weighted by atomic mass is 10.0. The zero-order valence-electron chi connectivity index (χ0n) is 21.5. The molecule has 0 aromatic carbocycles. The number of urea groups is 1. The molecule has 1 unspecified atom stereocenters. The number of fused-ring (bicyclic) bond motifs is 1. The van der Waals surface area contributed by atoms with Gasteiger partial charge in [-0.3, -0.25) is 10.2 Å². The molecule has 11 nitrogen and oxygen atoms in total. The molecule has 2 aromatic heterocycles. The molecule has 38 heavy (non-hydrogen) atoms. The second kappa shape index (κ2) is 12.4. The number of anilines is 3. The van der Waals surface area contributed by atoms with Gasteiger partial charge in [0.15, 0.2) is 0 Å². The number of methoxy groups -OCH3 is 2. The first kappa shape index (κ1) is 27.6. The predicted molar refractivity (Wildman–Crippen MR) is 135 cm³/mol. The summed E-state index contributed by atoms with van der Waals surface area (Å²) >= 11 is 0. The lowest BCUT2D eigenvalue weighted by Gasteiger charge is -2.30. The summed E-state index contributed by atoms with van der Waals surface area (Å²) in [7, 11) is 4.68. The minimum atomic E-state index is -2.78. The maximum absolute atomic E-state index is 13.8. The van der Waals surface area contributed by atoms with Crippen LogP contribution in [0, 0.1) is 11.3 Å². The largest absolute Gasteiger partial charge is 0.381 e. The van der Waals surface area contributed by atoms with Crippen molar-refractivity contribution in [1.82, 2.24) is 14.9 Å². The topological polar surface area (TPSA) is 125 Å². The minimum absolute atomic E-state index is 0.0437. The van der Waals surface area contributed by atoms with E-state index < -0.39 is 18.7 Å². The molecular weight excluding hydrogens is 500 g/mol. The molecular formula is C25H31F2N7O4. The van der Waals surface area contributed by atoms with Crippen LogP contribution in [0.4, 0.5) is 30.9 Å². The van der Waals surface area contributed by atoms with E-state index in [1.165, 1.54) is 31.4 Å². The third-order valence-electron chi connectivity index (χ3n) is 6.48. The Hall–Kier alpha value is -3.44. The number of nitrogens with zero attached hydrogens (tertiary/aromatic N) is 5. The molecule has 0 radical (unpaired) electrons. The minimum Gasteiger partial charge on any atom is -0.381 e. The van der Waals surface area contributed by atoms with Crippen LogP contribution in [0.5, 0.6) is 0 Å². The molecule has 0 bridgehead atoms. The third-order valence-corrected chi connectivity index (χ3v) is 6.48. The molecule has 204 valence electrons. The average Bonchev–Trinajstić information content (AvgIpc) is 2.92. The Kier molecular flexibility index (Phi) is 9.01. The SMILES string of the molecule is COC(OC)c1nc2c(cc1C(F)F)CCCN2C(=O)Nc1cc(NCC2CN(C)CCO2)c(C#N)cn1. The van der Waals surface area contributed by atoms with Crippen LogP contribution in [0.25, 0.3) is 0 Å². The highest BCUT2D eigenvalue weighted by Crippen LogP contribution is 2.35. The van der Waals surface area contributed by atoms with Crippen LogP contribution in [0.3, 0.4) is 0 Å². The number of aromatic nitrogens is 2. The van der Waals surface area contributed by atoms with Crippen LogP contribution < -0.4 is 15.5 Å². The Balaban J connectivity index is 1.54. The van der Waals surface area contributed by atoms with E-state index in [9.17, 15) is 18.8 Å². The van der Waals surface area contributed by atoms with E-state index in [4.69, 9.17) is 14.2 Å². The van der Waals surface area contributed by atoms with E-state index in [2.05, 4.69) is 31.6 Å². The van der Waals surface area contributed by atoms with Gasteiger partial charge in [-0.2, -0.15) is 5.26 Å². The van der Waals surface area contributed by atoms with E-state index in [-0.39, 0.29) is 29.0 Å². The van der Waals surface area contributed by atoms with Crippen molar-refractivity contribution in [2.24, 2.45) is 0 Å². The van der Waals surface area contributed by atoms with E-state index in [1.54, 1.807) is 6.07 Å². The van der Waals surface area contributed by atoms with E-state index in [0.29, 0.717) is 49.4 Å². The van der Waals surface area contributed by atoms with Crippen LogP contribution in [0.2, 0.25) is 0 Å². The lowest BCUT2D eigenvalue weighted by Crippen LogP contribution is -2.43. The van der Waals surface area contributed by atoms with Crippen LogP contribution >= 0.6 is 0 Å². The van der Waals surface area contributed by atoms with Gasteiger partial charge in [0, 0.05) is 58.2 Å². The second-order valence-corrected chi connectivity index (χ2v) is 9.10. The maximum atomic E-state index is 13.8. The number of halogens is 2. The molecule has 1 saturated heterocycles. The summed E-state index contributed by atoms with van der Waals surface area (Å²) in [4.78, 5) is 25.4. The fraction of sp³-hybridized carbons (Fsp3) is 0.520. The molecule has 0 aliphatic carbocycles. The Morgan fingerprint density at radius 2 is 2.11 bits per heavy atom. The first-order valence-corrected chi connectivity index (χ1v) is 12.2. The summed E-state index contributed by atoms with van der Waals surface area (Å²) in [6.07, 6.45) is -1.49. The number of carbonyl (C=O) groups excluding carboxylic acids is 1. The number of amides is 2. The van der Waals surface area contributed by atoms with Crippen LogP contribution in [0.1, 0.15) is 41.5 Å². The highest BCUT2D eigenvalue weighted by molar-refractivity contribution is 6.01. The fourth-order valence-corrected chi connectivity index (χ4v) is 4.56. The van der Waals surface area contributed by atoms with Crippen LogP contribution in [-0.2, 0) is 20.6 Å². The molecule has 2 amide bonds. The maximum Gasteiger partial charge on any atom is 0.328 e. The van der Waals surface area contributed by atoms with Crippen LogP contribution in [-0.4, -0.2) is 81.1 Å². The quantitative estimate of drug-likeness (QED) is 0.494. The number of pyridine rings is 2. The number of alkyl halides is 2. The lowest BCUT2D eigenvalue weighted by molar-refractivity contribution is -0.110. The van der Waals surface area contributed by atoms with Crippen LogP contribution in [0.15, 0.2) is 18.3 Å². The second-order valence-electron chi connectivity index (χ2n) is 9.10. The van der Waals surface area contributed by atoms with E-state index in [0.717, 1.165) is 13.1 Å². The standard InChI is InChI=1S/C25H31F2N7O4/c1-33-7-8-38-17(14-33)13-29-19-10-20(30-12-16(19)11-28)31-25(35)34-6-4-5-15-9-18(22(26)27)21(32-23(15)34)24(36-2)37-3/h9-10,12,17,22,24H,4-8,13-14H2,1-3H3,(H2,29,30,31,35). The molecule has 13 heteroatoms. The Morgan fingerprint density at radius 3 is 2.79 bits per heavy atom. The summed E-state index contributed by atoms with van der Waals surface area (Å²) in [5.41, 5.74) is 0.994. The van der Waals surface area contributed by atoms with Gasteiger partial charge in [-0.1, -0.05) is 0 Å². The number of likely N-dealkylation sites (N-methyl/N-ethyl adjacent to an activating group) is 1. The molecule has 0 saturated carbocycles. The molecule has 4 heterocycles. The smallest absolute Gasteiger partial charge is 0.328 e. The summed E-state index contributed by atoms with van der Waals surface area (Å²) in [5, 5.41) is 15.5. The van der Waals surface area contributed by atoms with Crippen molar-refractivity contribution >= 4 is 23.4 Å². The fourth-order valence-electron chi connectivity index (χ4n) is 4.56. The molecule has 2 aromatic rings. The summed E-state index contributed by atoms with van der Waals surface area (Å²) < 4.78 is 43.7. The number of hydrogen-bond acceptors (Lipinski definition) is 9. The first-order valence-electron chi connectivity index (χ1n) is 12.2. The highest BCUT2D eigenvalue weighted by Gasteiger charge is 2.30. The zero-order chi connectivity index (χ0) is 27.2. The zero-order valence-corrected chi connectivity index (χ0v) is 21.5. The van der Waals surface area contributed by atoms with Gasteiger partial charge in [-0.25, -0.2) is 23.5 Å². The number of nitrogens with one attached hydrogen (secondary N) is 2. The average molecular weight is 532 g/mol. The monoisotopic (exact) mass is 531 g/mol. The predicted octanol–water partition coefficient (Wildman–Crippen LogP) is 3.30. The summed E-state index contributed by atoms with van der Waals surface area (Å²) in [6, 6.07) is 4.51. The number of ether oxygens (including phenoxy) is 3. The molecule has 4 rings (SSSR count). The van der Waals surface area contributed by atoms with E-state index in [1.807, 2.05) is 7.05 Å². The van der Waals surface area contributed by atoms with E-state index >= 15 is 0 Å². The van der Waals surface area contributed by atoms with Gasteiger partial charge in [0.2, 0.25) is 6.29 Å². The number of hydrogen-bond donors (Lipinski definition) is 2. The highest BCUT2D eigenvalue weighted by atomic mass is 19.3. The Morgan fingerprint density at radius 1 is 1.32 bits per heavy atom. The molecule has 2 N–H and O–H groups in total. The molecule has 1 fully saturated rings. The van der Waals surface area contributed by atoms with Gasteiger partial charge >= 0.3 is 6.03 Å². The van der Waals surface area contributed by atoms with Gasteiger partial charge in [0.1, 0.15) is 23.4 Å². The van der Waals surface area contributed by atoms with Crippen molar-refractivity contribution < 1.29 is 27.8 Å². The number of carbonyl (C=O) groups is 1. The summed E-state index contributed by atoms with van der Waals surface area (Å²) in [6.45, 7) is 3.07. The molecule has 0 spiro atoms. The van der Waals surface area contributed by atoms with Crippen molar-refractivity contribution in [3.63, 3.8) is 0 Å². The number of nitriles is 1.